The number of furan rings is 1. The molecule has 2 aromatic rings. The number of aliphatic hydroxyl groups excluding tert-OH is 1. The number of anilines is 1. The standard InChI is InChI=1S/C13H13Br2NO4S/c1-7-3-9(4-8(2)12(7)14)16-21(18,19)11-5-10(6-17)20-13(11)15/h3-5,16-17H,6H2,1-2H3. The first kappa shape index (κ1) is 16.5. The number of benzene rings is 1. The van der Waals surface area contributed by atoms with Crippen LogP contribution in [0.1, 0.15) is 16.9 Å². The molecular formula is C13H13Br2NO4S. The van der Waals surface area contributed by atoms with Crippen molar-refractivity contribution in [2.24, 2.45) is 0 Å². The van der Waals surface area contributed by atoms with Crippen LogP contribution in [0, 0.1) is 13.8 Å². The fourth-order valence-electron chi connectivity index (χ4n) is 1.87. The summed E-state index contributed by atoms with van der Waals surface area (Å²) in [6.07, 6.45) is 0. The van der Waals surface area contributed by atoms with E-state index in [0.717, 1.165) is 15.6 Å². The van der Waals surface area contributed by atoms with Gasteiger partial charge in [-0.25, -0.2) is 8.42 Å². The molecule has 0 aliphatic carbocycles. The molecule has 1 aromatic heterocycles. The van der Waals surface area contributed by atoms with E-state index in [9.17, 15) is 8.42 Å². The molecular weight excluding hydrogens is 426 g/mol. The first-order chi connectivity index (χ1) is 9.74. The van der Waals surface area contributed by atoms with Crippen molar-refractivity contribution in [2.45, 2.75) is 25.3 Å². The van der Waals surface area contributed by atoms with Gasteiger partial charge in [0, 0.05) is 16.2 Å². The molecule has 5 nitrogen and oxygen atoms in total. The predicted molar refractivity (Wildman–Crippen MR) is 86.8 cm³/mol. The molecule has 0 saturated heterocycles. The lowest BCUT2D eigenvalue weighted by atomic mass is 10.1. The molecule has 0 fully saturated rings. The van der Waals surface area contributed by atoms with Gasteiger partial charge in [0.15, 0.2) is 4.67 Å². The van der Waals surface area contributed by atoms with Crippen molar-refractivity contribution < 1.29 is 17.9 Å². The molecule has 21 heavy (non-hydrogen) atoms. The van der Waals surface area contributed by atoms with E-state index in [1.807, 2.05) is 13.8 Å². The van der Waals surface area contributed by atoms with Crippen molar-refractivity contribution in [1.82, 2.24) is 0 Å². The van der Waals surface area contributed by atoms with Crippen LogP contribution >= 0.6 is 31.9 Å². The zero-order chi connectivity index (χ0) is 15.8. The van der Waals surface area contributed by atoms with Crippen LogP contribution in [0.25, 0.3) is 0 Å². The number of hydrogen-bond donors (Lipinski definition) is 2. The highest BCUT2D eigenvalue weighted by Gasteiger charge is 2.22. The molecule has 114 valence electrons. The van der Waals surface area contributed by atoms with Gasteiger partial charge in [-0.05, 0) is 53.0 Å². The SMILES string of the molecule is Cc1cc(NS(=O)(=O)c2cc(CO)oc2Br)cc(C)c1Br. The molecule has 2 rings (SSSR count). The zero-order valence-electron chi connectivity index (χ0n) is 11.3. The quantitative estimate of drug-likeness (QED) is 0.762. The summed E-state index contributed by atoms with van der Waals surface area (Å²) >= 11 is 6.48. The van der Waals surface area contributed by atoms with E-state index >= 15 is 0 Å². The monoisotopic (exact) mass is 437 g/mol. The third-order valence-electron chi connectivity index (χ3n) is 2.84. The Morgan fingerprint density at radius 1 is 1.19 bits per heavy atom. The first-order valence-corrected chi connectivity index (χ1v) is 9.00. The molecule has 0 aliphatic heterocycles. The highest BCUT2D eigenvalue weighted by atomic mass is 79.9. The van der Waals surface area contributed by atoms with Gasteiger partial charge in [0.25, 0.3) is 10.0 Å². The number of aryl methyl sites for hydroxylation is 2. The van der Waals surface area contributed by atoms with Crippen LogP contribution in [0.3, 0.4) is 0 Å². The van der Waals surface area contributed by atoms with Crippen LogP contribution in [-0.2, 0) is 16.6 Å². The summed E-state index contributed by atoms with van der Waals surface area (Å²) in [7, 11) is -3.80. The molecule has 2 N–H and O–H groups in total. The summed E-state index contributed by atoms with van der Waals surface area (Å²) in [6, 6.07) is 4.75. The lowest BCUT2D eigenvalue weighted by Gasteiger charge is -2.10. The van der Waals surface area contributed by atoms with E-state index in [2.05, 4.69) is 36.6 Å². The number of halogens is 2. The Hall–Kier alpha value is -0.830. The van der Waals surface area contributed by atoms with Crippen LogP contribution in [0.15, 0.2) is 36.7 Å². The van der Waals surface area contributed by atoms with E-state index in [1.165, 1.54) is 6.07 Å². The zero-order valence-corrected chi connectivity index (χ0v) is 15.3. The smallest absolute Gasteiger partial charge is 0.266 e. The van der Waals surface area contributed by atoms with Gasteiger partial charge in [0.1, 0.15) is 17.3 Å². The molecule has 1 aromatic carbocycles. The summed E-state index contributed by atoms with van der Waals surface area (Å²) < 4.78 is 33.3. The Morgan fingerprint density at radius 2 is 1.76 bits per heavy atom. The Balaban J connectivity index is 2.39. The largest absolute Gasteiger partial charge is 0.450 e. The van der Waals surface area contributed by atoms with Crippen molar-refractivity contribution in [3.05, 3.63) is 44.2 Å². The fourth-order valence-corrected chi connectivity index (χ4v) is 4.14. The van der Waals surface area contributed by atoms with Crippen LogP contribution in [0.5, 0.6) is 0 Å². The molecule has 8 heteroatoms. The van der Waals surface area contributed by atoms with E-state index in [4.69, 9.17) is 9.52 Å². The van der Waals surface area contributed by atoms with Gasteiger partial charge in [-0.15, -0.1) is 0 Å². The van der Waals surface area contributed by atoms with Crippen molar-refractivity contribution >= 4 is 47.6 Å². The van der Waals surface area contributed by atoms with Crippen LogP contribution < -0.4 is 4.72 Å². The average Bonchev–Trinajstić information content (AvgIpc) is 2.77. The second-order valence-electron chi connectivity index (χ2n) is 4.54. The number of hydrogen-bond acceptors (Lipinski definition) is 4. The fraction of sp³-hybridized carbons (Fsp3) is 0.231. The van der Waals surface area contributed by atoms with Crippen LogP contribution in [0.4, 0.5) is 5.69 Å². The Labute approximate surface area is 139 Å². The molecule has 1 heterocycles. The van der Waals surface area contributed by atoms with Gasteiger partial charge in [-0.1, -0.05) is 15.9 Å². The van der Waals surface area contributed by atoms with Crippen molar-refractivity contribution in [3.63, 3.8) is 0 Å². The highest BCUT2D eigenvalue weighted by molar-refractivity contribution is 9.10. The summed E-state index contributed by atoms with van der Waals surface area (Å²) in [5.41, 5.74) is 2.32. The van der Waals surface area contributed by atoms with E-state index < -0.39 is 10.0 Å². The van der Waals surface area contributed by atoms with Crippen LogP contribution in [0.2, 0.25) is 0 Å². The minimum atomic E-state index is -3.80. The maximum atomic E-state index is 12.4. The third kappa shape index (κ3) is 3.50. The van der Waals surface area contributed by atoms with Crippen molar-refractivity contribution in [3.8, 4) is 0 Å². The van der Waals surface area contributed by atoms with Gasteiger partial charge in [-0.2, -0.15) is 0 Å². The Kier molecular flexibility index (Phi) is 4.82. The van der Waals surface area contributed by atoms with E-state index in [1.54, 1.807) is 12.1 Å². The number of nitrogens with one attached hydrogen (secondary N) is 1. The highest BCUT2D eigenvalue weighted by Crippen LogP contribution is 2.30. The van der Waals surface area contributed by atoms with Gasteiger partial charge in [0.2, 0.25) is 0 Å². The lowest BCUT2D eigenvalue weighted by Crippen LogP contribution is -2.13. The van der Waals surface area contributed by atoms with Gasteiger partial charge < -0.3 is 9.52 Å². The molecule has 0 bridgehead atoms. The second-order valence-corrected chi connectivity index (χ2v) is 7.70. The molecule has 0 spiro atoms. The van der Waals surface area contributed by atoms with Gasteiger partial charge in [-0.3, -0.25) is 4.72 Å². The topological polar surface area (TPSA) is 79.5 Å². The minimum Gasteiger partial charge on any atom is -0.450 e. The van der Waals surface area contributed by atoms with Crippen molar-refractivity contribution in [1.29, 1.82) is 0 Å². The van der Waals surface area contributed by atoms with E-state index in [-0.39, 0.29) is 21.9 Å². The first-order valence-electron chi connectivity index (χ1n) is 5.93. The lowest BCUT2D eigenvalue weighted by molar-refractivity contribution is 0.245. The molecule has 0 saturated carbocycles. The van der Waals surface area contributed by atoms with Crippen LogP contribution in [-0.4, -0.2) is 13.5 Å². The third-order valence-corrected chi connectivity index (χ3v) is 6.33. The average molecular weight is 439 g/mol. The maximum Gasteiger partial charge on any atom is 0.266 e. The molecule has 0 radical (unpaired) electrons. The molecule has 0 aliphatic rings. The number of aliphatic hydroxyl groups is 1. The van der Waals surface area contributed by atoms with Gasteiger partial charge in [0.05, 0.1) is 0 Å². The number of sulfonamides is 1. The second kappa shape index (κ2) is 6.12. The molecule has 0 unspecified atom stereocenters. The minimum absolute atomic E-state index is 0.0511. The van der Waals surface area contributed by atoms with E-state index in [0.29, 0.717) is 5.69 Å². The molecule has 0 atom stereocenters. The maximum absolute atomic E-state index is 12.4. The summed E-state index contributed by atoms with van der Waals surface area (Å²) in [5, 5.41) is 9.00. The predicted octanol–water partition coefficient (Wildman–Crippen LogP) is 3.71. The summed E-state index contributed by atoms with van der Waals surface area (Å²) in [4.78, 5) is -0.0511. The summed E-state index contributed by atoms with van der Waals surface area (Å²) in [5.74, 6) is 0.172. The Bertz CT molecular complexity index is 760. The van der Waals surface area contributed by atoms with Gasteiger partial charge >= 0.3 is 0 Å². The Morgan fingerprint density at radius 3 is 2.24 bits per heavy atom. The van der Waals surface area contributed by atoms with Crippen molar-refractivity contribution in [2.75, 3.05) is 4.72 Å². The summed E-state index contributed by atoms with van der Waals surface area (Å²) in [6.45, 7) is 3.39. The molecule has 0 amide bonds. The number of rotatable bonds is 4. The normalized spacial score (nSPS) is 11.7.